The minimum Gasteiger partial charge on any atom is -0.497 e. The Balaban J connectivity index is 1.34. The van der Waals surface area contributed by atoms with Crippen molar-refractivity contribution in [3.05, 3.63) is 65.5 Å². The minimum atomic E-state index is -0.139. The van der Waals surface area contributed by atoms with Gasteiger partial charge in [-0.15, -0.1) is 0 Å². The fourth-order valence-electron chi connectivity index (χ4n) is 3.38. The van der Waals surface area contributed by atoms with Crippen molar-refractivity contribution < 1.29 is 9.53 Å². The Morgan fingerprint density at radius 3 is 2.75 bits per heavy atom. The van der Waals surface area contributed by atoms with Gasteiger partial charge in [0.05, 0.1) is 37.7 Å². The number of hydrogen-bond acceptors (Lipinski definition) is 5. The molecule has 1 aromatic carbocycles. The molecule has 28 heavy (non-hydrogen) atoms. The number of fused-ring (bicyclic) bond motifs is 1. The van der Waals surface area contributed by atoms with Gasteiger partial charge >= 0.3 is 0 Å². The molecule has 4 rings (SSSR count). The number of imidazole rings is 1. The zero-order valence-electron chi connectivity index (χ0n) is 16.1. The molecule has 2 aromatic heterocycles. The summed E-state index contributed by atoms with van der Waals surface area (Å²) in [5, 5.41) is 6.93. The molecule has 146 valence electrons. The lowest BCUT2D eigenvalue weighted by molar-refractivity contribution is 0.0950. The van der Waals surface area contributed by atoms with Crippen LogP contribution in [0.4, 0.5) is 0 Å². The first kappa shape index (κ1) is 18.2. The van der Waals surface area contributed by atoms with Crippen molar-refractivity contribution >= 4 is 5.91 Å². The van der Waals surface area contributed by atoms with E-state index in [1.54, 1.807) is 31.2 Å². The standard InChI is InChI=1S/C20H24N6O2/c1-24-12-16(9-22-24)20(27)21-10-17-13-26-8-7-25(14-19(26)23-17)11-15-3-5-18(28-2)6-4-15/h3-6,9,12-13H,7-8,10-11,14H2,1-2H3,(H,21,27). The molecule has 1 aliphatic heterocycles. The molecule has 0 spiro atoms. The number of nitrogens with zero attached hydrogens (tertiary/aromatic N) is 5. The molecule has 0 unspecified atom stereocenters. The Labute approximate surface area is 163 Å². The van der Waals surface area contributed by atoms with Crippen molar-refractivity contribution in [2.45, 2.75) is 26.2 Å². The van der Waals surface area contributed by atoms with E-state index in [2.05, 4.69) is 32.0 Å². The molecule has 1 amide bonds. The third-order valence-electron chi connectivity index (χ3n) is 4.89. The Morgan fingerprint density at radius 1 is 1.21 bits per heavy atom. The molecule has 0 saturated heterocycles. The summed E-state index contributed by atoms with van der Waals surface area (Å²) < 4.78 is 9.01. The highest BCUT2D eigenvalue weighted by molar-refractivity contribution is 5.93. The van der Waals surface area contributed by atoms with Gasteiger partial charge in [-0.1, -0.05) is 12.1 Å². The topological polar surface area (TPSA) is 77.2 Å². The summed E-state index contributed by atoms with van der Waals surface area (Å²) in [6.45, 7) is 3.95. The zero-order chi connectivity index (χ0) is 19.5. The highest BCUT2D eigenvalue weighted by atomic mass is 16.5. The molecule has 0 atom stereocenters. The van der Waals surface area contributed by atoms with Crippen LogP contribution in [0.2, 0.25) is 0 Å². The molecule has 8 nitrogen and oxygen atoms in total. The third kappa shape index (κ3) is 4.07. The van der Waals surface area contributed by atoms with E-state index in [1.807, 2.05) is 18.3 Å². The van der Waals surface area contributed by atoms with Crippen LogP contribution in [0.15, 0.2) is 42.9 Å². The number of ether oxygens (including phenoxy) is 1. The highest BCUT2D eigenvalue weighted by Gasteiger charge is 2.19. The molecule has 0 saturated carbocycles. The summed E-state index contributed by atoms with van der Waals surface area (Å²) in [7, 11) is 3.47. The predicted molar refractivity (Wildman–Crippen MR) is 104 cm³/mol. The highest BCUT2D eigenvalue weighted by Crippen LogP contribution is 2.17. The van der Waals surface area contributed by atoms with Gasteiger partial charge in [0.25, 0.3) is 5.91 Å². The van der Waals surface area contributed by atoms with Gasteiger partial charge in [-0.25, -0.2) is 4.98 Å². The number of benzene rings is 1. The van der Waals surface area contributed by atoms with Gasteiger partial charge in [0.15, 0.2) is 0 Å². The van der Waals surface area contributed by atoms with E-state index in [4.69, 9.17) is 9.72 Å². The molecule has 1 aliphatic rings. The van der Waals surface area contributed by atoms with E-state index >= 15 is 0 Å². The van der Waals surface area contributed by atoms with Crippen LogP contribution in [-0.4, -0.2) is 43.8 Å². The number of methoxy groups -OCH3 is 1. The number of carbonyl (C=O) groups is 1. The van der Waals surface area contributed by atoms with Crippen LogP contribution >= 0.6 is 0 Å². The van der Waals surface area contributed by atoms with Gasteiger partial charge in [-0.05, 0) is 17.7 Å². The Bertz CT molecular complexity index is 959. The maximum absolute atomic E-state index is 12.2. The smallest absolute Gasteiger partial charge is 0.254 e. The quantitative estimate of drug-likeness (QED) is 0.702. The van der Waals surface area contributed by atoms with E-state index in [9.17, 15) is 4.79 Å². The molecular weight excluding hydrogens is 356 g/mol. The van der Waals surface area contributed by atoms with E-state index in [0.717, 1.165) is 43.4 Å². The summed E-state index contributed by atoms with van der Waals surface area (Å²) in [6, 6.07) is 8.17. The van der Waals surface area contributed by atoms with Crippen LogP contribution in [0, 0.1) is 0 Å². The SMILES string of the molecule is COc1ccc(CN2CCn3cc(CNC(=O)c4cnn(C)c4)nc3C2)cc1. The van der Waals surface area contributed by atoms with Crippen LogP contribution in [0.25, 0.3) is 0 Å². The summed E-state index contributed by atoms with van der Waals surface area (Å²) in [4.78, 5) is 19.2. The number of nitrogens with one attached hydrogen (secondary N) is 1. The van der Waals surface area contributed by atoms with Crippen molar-refractivity contribution in [3.63, 3.8) is 0 Å². The minimum absolute atomic E-state index is 0.139. The second kappa shape index (κ2) is 7.85. The maximum atomic E-state index is 12.2. The van der Waals surface area contributed by atoms with Crippen molar-refractivity contribution in [2.24, 2.45) is 7.05 Å². The van der Waals surface area contributed by atoms with Gasteiger partial charge in [0.2, 0.25) is 0 Å². The lowest BCUT2D eigenvalue weighted by atomic mass is 10.2. The molecule has 3 aromatic rings. The molecule has 1 N–H and O–H groups in total. The first-order valence-corrected chi connectivity index (χ1v) is 9.28. The van der Waals surface area contributed by atoms with Crippen molar-refractivity contribution in [3.8, 4) is 5.75 Å². The normalized spacial score (nSPS) is 13.9. The van der Waals surface area contributed by atoms with E-state index in [-0.39, 0.29) is 5.91 Å². The number of aromatic nitrogens is 4. The Morgan fingerprint density at radius 2 is 2.04 bits per heavy atom. The molecule has 0 fully saturated rings. The van der Waals surface area contributed by atoms with Gasteiger partial charge in [-0.3, -0.25) is 14.4 Å². The number of rotatable bonds is 6. The van der Waals surface area contributed by atoms with Gasteiger partial charge < -0.3 is 14.6 Å². The molecule has 3 heterocycles. The summed E-state index contributed by atoms with van der Waals surface area (Å²) in [5.41, 5.74) is 2.68. The summed E-state index contributed by atoms with van der Waals surface area (Å²) in [5.74, 6) is 1.77. The predicted octanol–water partition coefficient (Wildman–Crippen LogP) is 1.57. The largest absolute Gasteiger partial charge is 0.497 e. The monoisotopic (exact) mass is 380 g/mol. The van der Waals surface area contributed by atoms with Crippen LogP contribution in [0.5, 0.6) is 5.75 Å². The zero-order valence-corrected chi connectivity index (χ0v) is 16.1. The average Bonchev–Trinajstić information content (AvgIpc) is 3.32. The molecule has 0 bridgehead atoms. The van der Waals surface area contributed by atoms with Crippen molar-refractivity contribution in [1.29, 1.82) is 0 Å². The van der Waals surface area contributed by atoms with Crippen molar-refractivity contribution in [2.75, 3.05) is 13.7 Å². The maximum Gasteiger partial charge on any atom is 0.254 e. The third-order valence-corrected chi connectivity index (χ3v) is 4.89. The molecule has 0 radical (unpaired) electrons. The van der Waals surface area contributed by atoms with Crippen LogP contribution in [-0.2, 0) is 33.2 Å². The molecule has 8 heteroatoms. The first-order valence-electron chi connectivity index (χ1n) is 9.28. The number of carbonyl (C=O) groups excluding carboxylic acids is 1. The fraction of sp³-hybridized carbons (Fsp3) is 0.350. The van der Waals surface area contributed by atoms with Crippen LogP contribution in [0.3, 0.4) is 0 Å². The van der Waals surface area contributed by atoms with E-state index in [0.29, 0.717) is 12.1 Å². The first-order chi connectivity index (χ1) is 13.6. The van der Waals surface area contributed by atoms with Gasteiger partial charge in [-0.2, -0.15) is 5.10 Å². The van der Waals surface area contributed by atoms with Crippen LogP contribution < -0.4 is 10.1 Å². The van der Waals surface area contributed by atoms with Crippen LogP contribution in [0.1, 0.15) is 27.4 Å². The van der Waals surface area contributed by atoms with Crippen molar-refractivity contribution in [1.82, 2.24) is 29.5 Å². The fourth-order valence-corrected chi connectivity index (χ4v) is 3.38. The van der Waals surface area contributed by atoms with E-state index < -0.39 is 0 Å². The average molecular weight is 380 g/mol. The second-order valence-electron chi connectivity index (χ2n) is 6.99. The Hall–Kier alpha value is -3.13. The number of hydrogen-bond donors (Lipinski definition) is 1. The summed E-state index contributed by atoms with van der Waals surface area (Å²) in [6.07, 6.45) is 5.29. The number of aryl methyl sites for hydroxylation is 1. The Kier molecular flexibility index (Phi) is 5.12. The molecule has 0 aliphatic carbocycles. The molecular formula is C20H24N6O2. The van der Waals surface area contributed by atoms with Gasteiger partial charge in [0.1, 0.15) is 11.6 Å². The lowest BCUT2D eigenvalue weighted by Crippen LogP contribution is -2.33. The second-order valence-corrected chi connectivity index (χ2v) is 6.99. The van der Waals surface area contributed by atoms with Gasteiger partial charge in [0, 0.05) is 39.1 Å². The number of amides is 1. The summed E-state index contributed by atoms with van der Waals surface area (Å²) >= 11 is 0. The lowest BCUT2D eigenvalue weighted by Gasteiger charge is -2.27. The van der Waals surface area contributed by atoms with E-state index in [1.165, 1.54) is 5.56 Å².